The average Bonchev–Trinajstić information content (AvgIpc) is 2.60. The fourth-order valence-corrected chi connectivity index (χ4v) is 2.82. The van der Waals surface area contributed by atoms with Crippen molar-refractivity contribution in [2.45, 2.75) is 26.7 Å². The molecule has 3 rings (SSSR count). The van der Waals surface area contributed by atoms with E-state index in [1.54, 1.807) is 0 Å². The van der Waals surface area contributed by atoms with Gasteiger partial charge in [0.15, 0.2) is 11.5 Å². The lowest BCUT2D eigenvalue weighted by Gasteiger charge is -2.14. The van der Waals surface area contributed by atoms with E-state index < -0.39 is 22.2 Å². The van der Waals surface area contributed by atoms with Crippen molar-refractivity contribution in [3.05, 3.63) is 60.8 Å². The number of aryl methyl sites for hydroxylation is 2. The minimum Gasteiger partial charge on any atom is -0.709 e. The van der Waals surface area contributed by atoms with Gasteiger partial charge in [0.2, 0.25) is 5.15 Å². The van der Waals surface area contributed by atoms with E-state index in [2.05, 4.69) is 15.0 Å². The van der Waals surface area contributed by atoms with Crippen LogP contribution in [0.15, 0.2) is 22.0 Å². The smallest absolute Gasteiger partial charge is 0.421 e. The van der Waals surface area contributed by atoms with E-state index in [1.807, 2.05) is 13.8 Å². The first-order chi connectivity index (χ1) is 11.9. The van der Waals surface area contributed by atoms with Crippen LogP contribution in [-0.2, 0) is 12.8 Å². The zero-order valence-electron chi connectivity index (χ0n) is 13.3. The summed E-state index contributed by atoms with van der Waals surface area (Å²) >= 11 is 5.68. The number of halogens is 2. The minimum atomic E-state index is -1.06. The monoisotopic (exact) mass is 365 g/mol. The van der Waals surface area contributed by atoms with Crippen LogP contribution < -0.4 is 16.0 Å². The molecule has 0 aliphatic carbocycles. The van der Waals surface area contributed by atoms with Crippen molar-refractivity contribution in [3.63, 3.8) is 0 Å². The quantitative estimate of drug-likeness (QED) is 0.423. The van der Waals surface area contributed by atoms with Crippen molar-refractivity contribution in [2.24, 2.45) is 0 Å². The highest BCUT2D eigenvalue weighted by Gasteiger charge is 2.27. The number of aromatic nitrogens is 5. The van der Waals surface area contributed by atoms with E-state index in [4.69, 9.17) is 11.6 Å². The molecule has 0 aromatic carbocycles. The molecule has 0 unspecified atom stereocenters. The van der Waals surface area contributed by atoms with Gasteiger partial charge in [0.25, 0.3) is 5.56 Å². The first-order valence-corrected chi connectivity index (χ1v) is 7.88. The number of H-pyrrole nitrogens is 1. The molecule has 0 amide bonds. The SMILES string of the molecule is CCc1ncnc(CC)c1-n1c(=O)[nH]c(=O)c2cc(F)c(Cl)[n+]([O-])c21. The molecule has 8 nitrogen and oxygen atoms in total. The van der Waals surface area contributed by atoms with Gasteiger partial charge in [-0.2, -0.15) is 0 Å². The Hall–Kier alpha value is -2.81. The molecule has 0 aliphatic rings. The maximum atomic E-state index is 13.8. The maximum absolute atomic E-state index is 13.8. The van der Waals surface area contributed by atoms with E-state index >= 15 is 0 Å². The third kappa shape index (κ3) is 2.56. The Bertz CT molecular complexity index is 1090. The summed E-state index contributed by atoms with van der Waals surface area (Å²) in [5, 5.41) is 11.4. The Balaban J connectivity index is 2.62. The highest BCUT2D eigenvalue weighted by atomic mass is 35.5. The summed E-state index contributed by atoms with van der Waals surface area (Å²) in [7, 11) is 0. The Morgan fingerprint density at radius 1 is 1.28 bits per heavy atom. The van der Waals surface area contributed by atoms with E-state index in [-0.39, 0.29) is 21.5 Å². The van der Waals surface area contributed by atoms with Crippen molar-refractivity contribution >= 4 is 22.6 Å². The molecule has 0 saturated heterocycles. The summed E-state index contributed by atoms with van der Waals surface area (Å²) in [6.45, 7) is 3.64. The van der Waals surface area contributed by atoms with Crippen LogP contribution in [0.4, 0.5) is 4.39 Å². The highest BCUT2D eigenvalue weighted by Crippen LogP contribution is 2.20. The van der Waals surface area contributed by atoms with Gasteiger partial charge in [0.05, 0.1) is 11.4 Å². The van der Waals surface area contributed by atoms with Crippen molar-refractivity contribution in [3.8, 4) is 5.69 Å². The molecule has 0 aliphatic heterocycles. The van der Waals surface area contributed by atoms with Gasteiger partial charge in [0, 0.05) is 6.07 Å². The van der Waals surface area contributed by atoms with Crippen molar-refractivity contribution in [1.29, 1.82) is 0 Å². The molecule has 3 aromatic heterocycles. The molecular formula is C15H13ClFN5O3. The summed E-state index contributed by atoms with van der Waals surface area (Å²) in [5.74, 6) is -1.06. The first kappa shape index (κ1) is 17.0. The molecule has 0 radical (unpaired) electrons. The molecule has 25 heavy (non-hydrogen) atoms. The second kappa shape index (κ2) is 6.25. The maximum Gasteiger partial charge on any atom is 0.421 e. The Labute approximate surface area is 145 Å². The first-order valence-electron chi connectivity index (χ1n) is 7.50. The molecule has 0 fully saturated rings. The molecule has 3 heterocycles. The largest absolute Gasteiger partial charge is 0.709 e. The fourth-order valence-electron chi connectivity index (χ4n) is 2.69. The van der Waals surface area contributed by atoms with Gasteiger partial charge in [-0.05, 0) is 24.4 Å². The Morgan fingerprint density at radius 3 is 2.44 bits per heavy atom. The molecule has 3 aromatic rings. The molecule has 130 valence electrons. The van der Waals surface area contributed by atoms with Crippen LogP contribution in [0.25, 0.3) is 16.7 Å². The van der Waals surface area contributed by atoms with Crippen LogP contribution in [0.1, 0.15) is 25.2 Å². The van der Waals surface area contributed by atoms with Crippen LogP contribution >= 0.6 is 11.6 Å². The zero-order valence-corrected chi connectivity index (χ0v) is 14.1. The van der Waals surface area contributed by atoms with Crippen LogP contribution in [0.2, 0.25) is 5.15 Å². The molecule has 0 saturated carbocycles. The second-order valence-corrected chi connectivity index (χ2v) is 5.59. The van der Waals surface area contributed by atoms with Crippen LogP contribution in [0, 0.1) is 11.0 Å². The Kier molecular flexibility index (Phi) is 4.25. The van der Waals surface area contributed by atoms with Gasteiger partial charge in [-0.1, -0.05) is 13.8 Å². The van der Waals surface area contributed by atoms with Crippen molar-refractivity contribution in [2.75, 3.05) is 0 Å². The number of nitrogens with one attached hydrogen (secondary N) is 1. The number of aromatic amines is 1. The van der Waals surface area contributed by atoms with Gasteiger partial charge in [0.1, 0.15) is 11.7 Å². The highest BCUT2D eigenvalue weighted by molar-refractivity contribution is 6.28. The van der Waals surface area contributed by atoms with E-state index in [0.717, 1.165) is 10.6 Å². The molecule has 10 heteroatoms. The summed E-state index contributed by atoms with van der Waals surface area (Å²) in [6.07, 6.45) is 2.26. The van der Waals surface area contributed by atoms with E-state index in [0.29, 0.717) is 24.2 Å². The minimum absolute atomic E-state index is 0.0226. The average molecular weight is 366 g/mol. The lowest BCUT2D eigenvalue weighted by molar-refractivity contribution is -0.579. The topological polar surface area (TPSA) is 108 Å². The zero-order chi connectivity index (χ0) is 18.3. The van der Waals surface area contributed by atoms with E-state index in [1.165, 1.54) is 6.33 Å². The van der Waals surface area contributed by atoms with Gasteiger partial charge >= 0.3 is 11.3 Å². The van der Waals surface area contributed by atoms with Gasteiger partial charge in [-0.25, -0.2) is 23.9 Å². The fraction of sp³-hybridized carbons (Fsp3) is 0.267. The Morgan fingerprint density at radius 2 is 1.88 bits per heavy atom. The predicted octanol–water partition coefficient (Wildman–Crippen LogP) is 1.02. The molecule has 0 spiro atoms. The number of fused-ring (bicyclic) bond motifs is 1. The predicted molar refractivity (Wildman–Crippen MR) is 88.4 cm³/mol. The summed E-state index contributed by atoms with van der Waals surface area (Å²) in [6, 6.07) is 0.821. The number of hydrogen-bond donors (Lipinski definition) is 1. The van der Waals surface area contributed by atoms with Crippen LogP contribution in [-0.4, -0.2) is 19.5 Å². The van der Waals surface area contributed by atoms with Crippen LogP contribution in [0.5, 0.6) is 0 Å². The van der Waals surface area contributed by atoms with Gasteiger partial charge in [-0.3, -0.25) is 9.78 Å². The molecule has 0 bridgehead atoms. The third-order valence-corrected chi connectivity index (χ3v) is 4.16. The third-order valence-electron chi connectivity index (χ3n) is 3.83. The van der Waals surface area contributed by atoms with E-state index in [9.17, 15) is 19.2 Å². The number of pyridine rings is 1. The lowest BCUT2D eigenvalue weighted by atomic mass is 10.1. The summed E-state index contributed by atoms with van der Waals surface area (Å²) in [4.78, 5) is 34.9. The number of hydrogen-bond acceptors (Lipinski definition) is 5. The molecular weight excluding hydrogens is 353 g/mol. The second-order valence-electron chi connectivity index (χ2n) is 5.23. The van der Waals surface area contributed by atoms with Gasteiger partial charge < -0.3 is 5.21 Å². The van der Waals surface area contributed by atoms with Crippen molar-refractivity contribution in [1.82, 2.24) is 19.5 Å². The summed E-state index contributed by atoms with van der Waals surface area (Å²) in [5.41, 5.74) is -0.829. The molecule has 0 atom stereocenters. The van der Waals surface area contributed by atoms with Crippen LogP contribution in [0.3, 0.4) is 0 Å². The van der Waals surface area contributed by atoms with Gasteiger partial charge in [-0.15, -0.1) is 4.57 Å². The summed E-state index contributed by atoms with van der Waals surface area (Å²) < 4.78 is 14.8. The number of rotatable bonds is 3. The normalized spacial score (nSPS) is 11.2. The van der Waals surface area contributed by atoms with Crippen molar-refractivity contribution < 1.29 is 9.12 Å². The molecule has 1 N–H and O–H groups in total. The standard InChI is InChI=1S/C15H13ClFN5O3/c1-3-9-11(10(4-2)19-6-18-9)21-14-7(13(23)20-15(21)24)5-8(17)12(16)22(14)25/h5-6H,3-4H2,1-2H3,(H,20,23,24). The lowest BCUT2D eigenvalue weighted by Crippen LogP contribution is -2.41. The number of nitrogens with zero attached hydrogens (tertiary/aromatic N) is 4.